The topological polar surface area (TPSA) is 47.6 Å². The third kappa shape index (κ3) is 3.99. The maximum absolute atomic E-state index is 12.2. The molecule has 1 amide bonds. The van der Waals surface area contributed by atoms with Crippen molar-refractivity contribution in [3.63, 3.8) is 0 Å². The Hall–Kier alpha value is -2.49. The molecule has 0 aliphatic rings. The molecule has 0 radical (unpaired) electrons. The van der Waals surface area contributed by atoms with E-state index in [2.05, 4.69) is 5.32 Å². The summed E-state index contributed by atoms with van der Waals surface area (Å²) in [5.74, 6) is 1.22. The first-order valence-electron chi connectivity index (χ1n) is 6.87. The highest BCUT2D eigenvalue weighted by molar-refractivity contribution is 5.96. The standard InChI is InChI=1S/C17H19NO3/c1-3-21-14-8-6-7-13(11-14)12-18-17(19)15-9-4-5-10-16(15)20-2/h4-11H,3,12H2,1-2H3,(H,18,19). The lowest BCUT2D eigenvalue weighted by atomic mass is 10.1. The molecule has 0 aliphatic carbocycles. The van der Waals surface area contributed by atoms with E-state index in [1.54, 1.807) is 19.2 Å². The number of ether oxygens (including phenoxy) is 2. The summed E-state index contributed by atoms with van der Waals surface area (Å²) in [6, 6.07) is 14.8. The van der Waals surface area contributed by atoms with Crippen molar-refractivity contribution < 1.29 is 14.3 Å². The van der Waals surface area contributed by atoms with Crippen molar-refractivity contribution in [3.8, 4) is 11.5 Å². The van der Waals surface area contributed by atoms with Crippen LogP contribution in [0.4, 0.5) is 0 Å². The molecule has 21 heavy (non-hydrogen) atoms. The molecule has 110 valence electrons. The fraction of sp³-hybridized carbons (Fsp3) is 0.235. The minimum Gasteiger partial charge on any atom is -0.496 e. The van der Waals surface area contributed by atoms with Crippen LogP contribution >= 0.6 is 0 Å². The average molecular weight is 285 g/mol. The summed E-state index contributed by atoms with van der Waals surface area (Å²) in [4.78, 5) is 12.2. The van der Waals surface area contributed by atoms with Crippen LogP contribution in [0.2, 0.25) is 0 Å². The molecule has 0 bridgehead atoms. The predicted octanol–water partition coefficient (Wildman–Crippen LogP) is 3.02. The van der Waals surface area contributed by atoms with Gasteiger partial charge in [-0.25, -0.2) is 0 Å². The fourth-order valence-corrected chi connectivity index (χ4v) is 2.02. The fourth-order valence-electron chi connectivity index (χ4n) is 2.02. The van der Waals surface area contributed by atoms with E-state index in [-0.39, 0.29) is 5.91 Å². The molecule has 0 saturated heterocycles. The van der Waals surface area contributed by atoms with E-state index in [1.807, 2.05) is 43.3 Å². The van der Waals surface area contributed by atoms with Gasteiger partial charge in [0.2, 0.25) is 0 Å². The van der Waals surface area contributed by atoms with E-state index >= 15 is 0 Å². The van der Waals surface area contributed by atoms with Gasteiger partial charge in [-0.05, 0) is 36.8 Å². The van der Waals surface area contributed by atoms with E-state index in [0.29, 0.717) is 24.5 Å². The lowest BCUT2D eigenvalue weighted by Crippen LogP contribution is -2.23. The van der Waals surface area contributed by atoms with E-state index < -0.39 is 0 Å². The van der Waals surface area contributed by atoms with E-state index in [0.717, 1.165) is 11.3 Å². The summed E-state index contributed by atoms with van der Waals surface area (Å²) < 4.78 is 10.6. The number of hydrogen-bond donors (Lipinski definition) is 1. The summed E-state index contributed by atoms with van der Waals surface area (Å²) in [7, 11) is 1.55. The van der Waals surface area contributed by atoms with Gasteiger partial charge < -0.3 is 14.8 Å². The highest BCUT2D eigenvalue weighted by atomic mass is 16.5. The summed E-state index contributed by atoms with van der Waals surface area (Å²) in [6.07, 6.45) is 0. The van der Waals surface area contributed by atoms with Gasteiger partial charge in [0.1, 0.15) is 11.5 Å². The van der Waals surface area contributed by atoms with Crippen molar-refractivity contribution >= 4 is 5.91 Å². The molecule has 2 aromatic carbocycles. The third-order valence-electron chi connectivity index (χ3n) is 3.01. The van der Waals surface area contributed by atoms with Crippen LogP contribution in [0.3, 0.4) is 0 Å². The molecule has 2 rings (SSSR count). The number of carbonyl (C=O) groups excluding carboxylic acids is 1. The SMILES string of the molecule is CCOc1cccc(CNC(=O)c2ccccc2OC)c1. The van der Waals surface area contributed by atoms with Gasteiger partial charge in [-0.15, -0.1) is 0 Å². The number of amides is 1. The Kier molecular flexibility index (Phi) is 5.21. The number of nitrogens with one attached hydrogen (secondary N) is 1. The second-order valence-electron chi connectivity index (χ2n) is 4.46. The molecule has 4 nitrogen and oxygen atoms in total. The number of methoxy groups -OCH3 is 1. The average Bonchev–Trinajstić information content (AvgIpc) is 2.53. The minimum absolute atomic E-state index is 0.158. The number of rotatable bonds is 6. The normalized spacial score (nSPS) is 10.0. The highest BCUT2D eigenvalue weighted by Crippen LogP contribution is 2.17. The molecule has 0 aliphatic heterocycles. The molecule has 0 unspecified atom stereocenters. The van der Waals surface area contributed by atoms with E-state index in [1.165, 1.54) is 0 Å². The van der Waals surface area contributed by atoms with Crippen LogP contribution in [0.5, 0.6) is 11.5 Å². The highest BCUT2D eigenvalue weighted by Gasteiger charge is 2.10. The van der Waals surface area contributed by atoms with Crippen LogP contribution in [0.1, 0.15) is 22.8 Å². The van der Waals surface area contributed by atoms with Crippen LogP contribution in [-0.4, -0.2) is 19.6 Å². The largest absolute Gasteiger partial charge is 0.496 e. The first-order chi connectivity index (χ1) is 10.2. The smallest absolute Gasteiger partial charge is 0.255 e. The Morgan fingerprint density at radius 2 is 1.95 bits per heavy atom. The zero-order valence-corrected chi connectivity index (χ0v) is 12.3. The van der Waals surface area contributed by atoms with Crippen molar-refractivity contribution in [1.29, 1.82) is 0 Å². The van der Waals surface area contributed by atoms with Gasteiger partial charge in [0, 0.05) is 6.54 Å². The number of carbonyl (C=O) groups is 1. The van der Waals surface area contributed by atoms with Gasteiger partial charge in [-0.1, -0.05) is 24.3 Å². The molecule has 4 heteroatoms. The summed E-state index contributed by atoms with van der Waals surface area (Å²) >= 11 is 0. The van der Waals surface area contributed by atoms with Gasteiger partial charge in [-0.2, -0.15) is 0 Å². The maximum Gasteiger partial charge on any atom is 0.255 e. The van der Waals surface area contributed by atoms with E-state index in [9.17, 15) is 4.79 Å². The van der Waals surface area contributed by atoms with Gasteiger partial charge in [0.15, 0.2) is 0 Å². The van der Waals surface area contributed by atoms with Crippen molar-refractivity contribution in [1.82, 2.24) is 5.32 Å². The Morgan fingerprint density at radius 1 is 1.14 bits per heavy atom. The molecular formula is C17H19NO3. The van der Waals surface area contributed by atoms with Crippen LogP contribution < -0.4 is 14.8 Å². The Balaban J connectivity index is 2.02. The van der Waals surface area contributed by atoms with Crippen molar-refractivity contribution in [2.75, 3.05) is 13.7 Å². The molecule has 0 aromatic heterocycles. The van der Waals surface area contributed by atoms with Crippen LogP contribution in [0.25, 0.3) is 0 Å². The predicted molar refractivity (Wildman–Crippen MR) is 81.8 cm³/mol. The van der Waals surface area contributed by atoms with Crippen LogP contribution in [-0.2, 0) is 6.54 Å². The zero-order chi connectivity index (χ0) is 15.1. The third-order valence-corrected chi connectivity index (χ3v) is 3.01. The minimum atomic E-state index is -0.158. The van der Waals surface area contributed by atoms with E-state index in [4.69, 9.17) is 9.47 Å². The van der Waals surface area contributed by atoms with Crippen molar-refractivity contribution in [3.05, 3.63) is 59.7 Å². The summed E-state index contributed by atoms with van der Waals surface area (Å²) in [5, 5.41) is 2.88. The summed E-state index contributed by atoms with van der Waals surface area (Å²) in [5.41, 5.74) is 1.52. The monoisotopic (exact) mass is 285 g/mol. The van der Waals surface area contributed by atoms with Crippen molar-refractivity contribution in [2.24, 2.45) is 0 Å². The number of para-hydroxylation sites is 1. The molecule has 0 spiro atoms. The molecule has 0 heterocycles. The van der Waals surface area contributed by atoms with Gasteiger partial charge in [-0.3, -0.25) is 4.79 Å². The number of hydrogen-bond acceptors (Lipinski definition) is 3. The molecule has 0 fully saturated rings. The first-order valence-corrected chi connectivity index (χ1v) is 6.87. The second-order valence-corrected chi connectivity index (χ2v) is 4.46. The second kappa shape index (κ2) is 7.33. The lowest BCUT2D eigenvalue weighted by molar-refractivity contribution is 0.0948. The zero-order valence-electron chi connectivity index (χ0n) is 12.3. The maximum atomic E-state index is 12.2. The van der Waals surface area contributed by atoms with Gasteiger partial charge >= 0.3 is 0 Å². The molecule has 2 aromatic rings. The molecule has 1 N–H and O–H groups in total. The molecule has 0 atom stereocenters. The quantitative estimate of drug-likeness (QED) is 0.887. The van der Waals surface area contributed by atoms with Gasteiger partial charge in [0.25, 0.3) is 5.91 Å². The Labute approximate surface area is 124 Å². The molecular weight excluding hydrogens is 266 g/mol. The Morgan fingerprint density at radius 3 is 2.71 bits per heavy atom. The van der Waals surface area contributed by atoms with Gasteiger partial charge in [0.05, 0.1) is 19.3 Å². The first kappa shape index (κ1) is 14.9. The van der Waals surface area contributed by atoms with Crippen LogP contribution in [0, 0.1) is 0 Å². The summed E-state index contributed by atoms with van der Waals surface area (Å²) in [6.45, 7) is 3.00. The number of benzene rings is 2. The van der Waals surface area contributed by atoms with Crippen LogP contribution in [0.15, 0.2) is 48.5 Å². The molecule has 0 saturated carbocycles. The lowest BCUT2D eigenvalue weighted by Gasteiger charge is -2.10. The Bertz CT molecular complexity index is 610. The van der Waals surface area contributed by atoms with Crippen molar-refractivity contribution in [2.45, 2.75) is 13.5 Å².